The van der Waals surface area contributed by atoms with Crippen LogP contribution in [0, 0.1) is 6.92 Å². The molecule has 1 atom stereocenters. The molecule has 0 fully saturated rings. The van der Waals surface area contributed by atoms with Gasteiger partial charge in [0.2, 0.25) is 5.95 Å². The van der Waals surface area contributed by atoms with Crippen LogP contribution in [0.4, 0.5) is 5.95 Å². The number of rotatable bonds is 5. The molecule has 1 aromatic carbocycles. The zero-order chi connectivity index (χ0) is 18.8. The Balaban J connectivity index is 1.79. The Labute approximate surface area is 156 Å². The number of hydrogen-bond donors (Lipinski definition) is 2. The lowest BCUT2D eigenvalue weighted by Gasteiger charge is -2.10. The van der Waals surface area contributed by atoms with E-state index in [-0.39, 0.29) is 0 Å². The molecule has 4 aromatic rings. The van der Waals surface area contributed by atoms with Crippen LogP contribution in [0.3, 0.4) is 0 Å². The highest BCUT2D eigenvalue weighted by molar-refractivity contribution is 5.82. The fourth-order valence-electron chi connectivity index (χ4n) is 2.85. The van der Waals surface area contributed by atoms with Crippen LogP contribution in [0.1, 0.15) is 12.5 Å². The van der Waals surface area contributed by atoms with Crippen LogP contribution >= 0.6 is 0 Å². The first-order valence-corrected chi connectivity index (χ1v) is 8.75. The number of fused-ring (bicyclic) bond motifs is 1. The van der Waals surface area contributed by atoms with Crippen molar-refractivity contribution in [2.75, 3.05) is 11.9 Å². The molecule has 7 heteroatoms. The van der Waals surface area contributed by atoms with Gasteiger partial charge in [-0.1, -0.05) is 17.7 Å². The van der Waals surface area contributed by atoms with E-state index < -0.39 is 6.10 Å². The van der Waals surface area contributed by atoms with Gasteiger partial charge in [-0.15, -0.1) is 0 Å². The smallest absolute Gasteiger partial charge is 0.222 e. The molecule has 3 heterocycles. The van der Waals surface area contributed by atoms with E-state index >= 15 is 0 Å². The fourth-order valence-corrected chi connectivity index (χ4v) is 2.85. The number of aromatic nitrogens is 5. The molecule has 0 saturated carbocycles. The zero-order valence-electron chi connectivity index (χ0n) is 15.2. The van der Waals surface area contributed by atoms with Gasteiger partial charge in [0.1, 0.15) is 5.82 Å². The summed E-state index contributed by atoms with van der Waals surface area (Å²) in [7, 11) is 0. The molecular weight excluding hydrogens is 340 g/mol. The quantitative estimate of drug-likeness (QED) is 0.569. The molecule has 0 bridgehead atoms. The molecule has 4 rings (SSSR count). The summed E-state index contributed by atoms with van der Waals surface area (Å²) >= 11 is 0. The predicted octanol–water partition coefficient (Wildman–Crippen LogP) is 2.98. The third kappa shape index (κ3) is 3.50. The first kappa shape index (κ1) is 17.1. The fraction of sp³-hybridized carbons (Fsp3) is 0.200. The highest BCUT2D eigenvalue weighted by atomic mass is 16.3. The van der Waals surface area contributed by atoms with E-state index in [9.17, 15) is 5.11 Å². The number of anilines is 1. The van der Waals surface area contributed by atoms with Gasteiger partial charge in [0, 0.05) is 30.8 Å². The van der Waals surface area contributed by atoms with E-state index in [0.29, 0.717) is 12.5 Å². The number of benzene rings is 1. The third-order valence-electron chi connectivity index (χ3n) is 4.21. The maximum atomic E-state index is 9.37. The van der Waals surface area contributed by atoms with E-state index in [0.717, 1.165) is 28.1 Å². The number of hydrogen-bond acceptors (Lipinski definition) is 6. The number of imidazole rings is 1. The molecule has 0 spiro atoms. The number of aliphatic hydroxyl groups is 1. The second-order valence-corrected chi connectivity index (χ2v) is 6.50. The van der Waals surface area contributed by atoms with Gasteiger partial charge in [-0.05, 0) is 32.0 Å². The van der Waals surface area contributed by atoms with Crippen LogP contribution in [-0.4, -0.2) is 42.3 Å². The minimum atomic E-state index is -0.466. The number of nitrogens with one attached hydrogen (secondary N) is 1. The van der Waals surface area contributed by atoms with Gasteiger partial charge in [0.05, 0.1) is 28.9 Å². The van der Waals surface area contributed by atoms with Gasteiger partial charge in [-0.25, -0.2) is 15.0 Å². The predicted molar refractivity (Wildman–Crippen MR) is 105 cm³/mol. The maximum Gasteiger partial charge on any atom is 0.222 e. The van der Waals surface area contributed by atoms with Crippen molar-refractivity contribution >= 4 is 17.0 Å². The molecule has 0 aliphatic rings. The number of nitrogens with zero attached hydrogens (tertiary/aromatic N) is 5. The Morgan fingerprint density at radius 1 is 1.07 bits per heavy atom. The van der Waals surface area contributed by atoms with Gasteiger partial charge in [0.25, 0.3) is 0 Å². The van der Waals surface area contributed by atoms with Crippen LogP contribution in [0.2, 0.25) is 0 Å². The van der Waals surface area contributed by atoms with E-state index in [1.807, 2.05) is 12.3 Å². The first-order chi connectivity index (χ1) is 13.1. The van der Waals surface area contributed by atoms with Crippen LogP contribution in [0.5, 0.6) is 0 Å². The number of pyridine rings is 1. The maximum absolute atomic E-state index is 9.37. The Morgan fingerprint density at radius 3 is 2.52 bits per heavy atom. The SMILES string of the molecule is Cc1ccc(-n2c(-c3cnc(NCC(C)O)nc3)nc3ccncc32)cc1. The Bertz CT molecular complexity index is 1050. The monoisotopic (exact) mass is 360 g/mol. The Morgan fingerprint density at radius 2 is 1.81 bits per heavy atom. The Hall–Kier alpha value is -3.32. The number of aliphatic hydroxyl groups excluding tert-OH is 1. The second kappa shape index (κ2) is 7.13. The van der Waals surface area contributed by atoms with Crippen molar-refractivity contribution in [3.8, 4) is 17.1 Å². The summed E-state index contributed by atoms with van der Waals surface area (Å²) in [5, 5.41) is 12.4. The summed E-state index contributed by atoms with van der Waals surface area (Å²) in [6, 6.07) is 10.2. The summed E-state index contributed by atoms with van der Waals surface area (Å²) in [4.78, 5) is 17.7. The standard InChI is InChI=1S/C20H20N6O/c1-13-3-5-16(6-4-13)26-18-12-21-8-7-17(18)25-19(26)15-10-23-20(24-11-15)22-9-14(2)27/h3-8,10-12,14,27H,9H2,1-2H3,(H,22,23,24). The van der Waals surface area contributed by atoms with E-state index in [1.54, 1.807) is 25.5 Å². The minimum Gasteiger partial charge on any atom is -0.392 e. The molecule has 1 unspecified atom stereocenters. The lowest BCUT2D eigenvalue weighted by atomic mass is 10.2. The van der Waals surface area contributed by atoms with E-state index in [4.69, 9.17) is 4.98 Å². The summed E-state index contributed by atoms with van der Waals surface area (Å²) < 4.78 is 2.06. The van der Waals surface area contributed by atoms with Crippen LogP contribution in [-0.2, 0) is 0 Å². The molecule has 2 N–H and O–H groups in total. The summed E-state index contributed by atoms with van der Waals surface area (Å²) in [6.45, 7) is 4.16. The molecular formula is C20H20N6O. The second-order valence-electron chi connectivity index (χ2n) is 6.50. The molecule has 0 saturated heterocycles. The van der Waals surface area contributed by atoms with Gasteiger partial charge < -0.3 is 10.4 Å². The average molecular weight is 360 g/mol. The highest BCUT2D eigenvalue weighted by Gasteiger charge is 2.15. The average Bonchev–Trinajstić information content (AvgIpc) is 3.07. The molecule has 0 aliphatic heterocycles. The minimum absolute atomic E-state index is 0.396. The molecule has 0 amide bonds. The van der Waals surface area contributed by atoms with E-state index in [2.05, 4.69) is 56.0 Å². The van der Waals surface area contributed by atoms with Crippen molar-refractivity contribution in [3.05, 3.63) is 60.7 Å². The van der Waals surface area contributed by atoms with Crippen LogP contribution in [0.25, 0.3) is 28.1 Å². The van der Waals surface area contributed by atoms with Crippen molar-refractivity contribution < 1.29 is 5.11 Å². The lowest BCUT2D eigenvalue weighted by Crippen LogP contribution is -2.16. The zero-order valence-corrected chi connectivity index (χ0v) is 15.2. The van der Waals surface area contributed by atoms with Crippen molar-refractivity contribution in [1.29, 1.82) is 0 Å². The van der Waals surface area contributed by atoms with Gasteiger partial charge in [-0.2, -0.15) is 0 Å². The highest BCUT2D eigenvalue weighted by Crippen LogP contribution is 2.27. The third-order valence-corrected chi connectivity index (χ3v) is 4.21. The molecule has 0 aliphatic carbocycles. The molecule has 136 valence electrons. The molecule has 0 radical (unpaired) electrons. The van der Waals surface area contributed by atoms with Crippen molar-refractivity contribution in [3.63, 3.8) is 0 Å². The first-order valence-electron chi connectivity index (χ1n) is 8.75. The van der Waals surface area contributed by atoms with E-state index in [1.165, 1.54) is 5.56 Å². The van der Waals surface area contributed by atoms with Crippen LogP contribution in [0.15, 0.2) is 55.1 Å². The summed E-state index contributed by atoms with van der Waals surface area (Å²) in [5.74, 6) is 1.23. The Kier molecular flexibility index (Phi) is 4.52. The van der Waals surface area contributed by atoms with Crippen molar-refractivity contribution in [1.82, 2.24) is 24.5 Å². The van der Waals surface area contributed by atoms with Crippen molar-refractivity contribution in [2.45, 2.75) is 20.0 Å². The topological polar surface area (TPSA) is 88.8 Å². The molecule has 27 heavy (non-hydrogen) atoms. The van der Waals surface area contributed by atoms with Gasteiger partial charge in [0.15, 0.2) is 0 Å². The molecule has 7 nitrogen and oxygen atoms in total. The summed E-state index contributed by atoms with van der Waals surface area (Å²) in [5.41, 5.74) is 4.78. The van der Waals surface area contributed by atoms with Crippen LogP contribution < -0.4 is 5.32 Å². The van der Waals surface area contributed by atoms with Gasteiger partial charge in [-0.3, -0.25) is 9.55 Å². The largest absolute Gasteiger partial charge is 0.392 e. The lowest BCUT2D eigenvalue weighted by molar-refractivity contribution is 0.208. The molecule has 3 aromatic heterocycles. The van der Waals surface area contributed by atoms with Crippen molar-refractivity contribution in [2.24, 2.45) is 0 Å². The summed E-state index contributed by atoms with van der Waals surface area (Å²) in [6.07, 6.45) is 6.54. The normalized spacial score (nSPS) is 12.3. The number of aryl methyl sites for hydroxylation is 1. The van der Waals surface area contributed by atoms with Gasteiger partial charge >= 0.3 is 0 Å².